The molecule has 0 bridgehead atoms. The molecule has 1 unspecified atom stereocenters. The lowest BCUT2D eigenvalue weighted by atomic mass is 9.96. The minimum Gasteiger partial charge on any atom is -0.346 e. The zero-order valence-corrected chi connectivity index (χ0v) is 14.0. The van der Waals surface area contributed by atoms with Crippen LogP contribution in [0.3, 0.4) is 0 Å². The first-order valence-electron chi connectivity index (χ1n) is 8.19. The van der Waals surface area contributed by atoms with Crippen LogP contribution in [0.15, 0.2) is 36.8 Å². The Labute approximate surface area is 136 Å². The predicted octanol–water partition coefficient (Wildman–Crippen LogP) is 3.16. The number of likely N-dealkylation sites (tertiary alicyclic amines) is 1. The third-order valence-electron chi connectivity index (χ3n) is 5.23. The van der Waals surface area contributed by atoms with Crippen molar-refractivity contribution in [1.82, 2.24) is 24.6 Å². The minimum absolute atomic E-state index is 0.306. The number of nitrogens with zero attached hydrogens (tertiary/aromatic N) is 4. The van der Waals surface area contributed by atoms with Crippen LogP contribution in [0.5, 0.6) is 0 Å². The van der Waals surface area contributed by atoms with Crippen LogP contribution in [0.2, 0.25) is 0 Å². The average Bonchev–Trinajstić information content (AvgIpc) is 3.20. The van der Waals surface area contributed by atoms with E-state index >= 15 is 0 Å². The molecule has 3 aromatic rings. The maximum atomic E-state index is 4.77. The number of aromatic amines is 1. The molecule has 4 heterocycles. The van der Waals surface area contributed by atoms with Crippen LogP contribution >= 0.6 is 0 Å². The van der Waals surface area contributed by atoms with Gasteiger partial charge >= 0.3 is 0 Å². The fourth-order valence-electron chi connectivity index (χ4n) is 3.75. The molecule has 0 saturated carbocycles. The number of hydrogen-bond acceptors (Lipinski definition) is 3. The number of pyridine rings is 1. The molecule has 1 aliphatic rings. The molecule has 5 heteroatoms. The third-order valence-corrected chi connectivity index (χ3v) is 5.23. The van der Waals surface area contributed by atoms with E-state index in [-0.39, 0.29) is 0 Å². The molecule has 23 heavy (non-hydrogen) atoms. The Bertz CT molecular complexity index is 815. The normalized spacial score (nSPS) is 21.3. The van der Waals surface area contributed by atoms with Crippen molar-refractivity contribution in [3.63, 3.8) is 0 Å². The van der Waals surface area contributed by atoms with Gasteiger partial charge in [0.25, 0.3) is 0 Å². The van der Waals surface area contributed by atoms with Gasteiger partial charge in [0.2, 0.25) is 0 Å². The Balaban J connectivity index is 1.60. The van der Waals surface area contributed by atoms with Crippen molar-refractivity contribution in [2.24, 2.45) is 5.92 Å². The Kier molecular flexibility index (Phi) is 3.27. The lowest BCUT2D eigenvalue weighted by molar-refractivity contribution is 0.218. The zero-order valence-electron chi connectivity index (χ0n) is 14.0. The van der Waals surface area contributed by atoms with Crippen LogP contribution in [0.4, 0.5) is 0 Å². The molecule has 0 spiro atoms. The molecule has 0 aromatic carbocycles. The van der Waals surface area contributed by atoms with Gasteiger partial charge < -0.3 is 9.47 Å². The Morgan fingerprint density at radius 1 is 1.30 bits per heavy atom. The largest absolute Gasteiger partial charge is 0.346 e. The molecule has 1 fully saturated rings. The minimum atomic E-state index is 0.306. The highest BCUT2D eigenvalue weighted by atomic mass is 15.2. The lowest BCUT2D eigenvalue weighted by Crippen LogP contribution is -2.34. The number of fused-ring (bicyclic) bond motifs is 1. The summed E-state index contributed by atoms with van der Waals surface area (Å²) in [5.41, 5.74) is 4.56. The van der Waals surface area contributed by atoms with Crippen LogP contribution in [0.25, 0.3) is 22.3 Å². The second-order valence-electron chi connectivity index (χ2n) is 7.32. The van der Waals surface area contributed by atoms with Gasteiger partial charge in [0.15, 0.2) is 0 Å². The third kappa shape index (κ3) is 2.55. The van der Waals surface area contributed by atoms with Crippen LogP contribution in [0, 0.1) is 5.92 Å². The molecule has 3 aromatic heterocycles. The molecule has 5 nitrogen and oxygen atoms in total. The molecule has 1 aliphatic heterocycles. The maximum Gasteiger partial charge on any atom is 0.0888 e. The summed E-state index contributed by atoms with van der Waals surface area (Å²) < 4.78 is 2.35. The van der Waals surface area contributed by atoms with E-state index in [0.29, 0.717) is 11.5 Å². The summed E-state index contributed by atoms with van der Waals surface area (Å²) >= 11 is 0. The SMILES string of the molecule is CN1CC(Cn2ccc3nc(-c4cn[nH]c4)ccc32)CC1(C)C. The lowest BCUT2D eigenvalue weighted by Gasteiger charge is -2.26. The molecule has 0 amide bonds. The molecule has 0 radical (unpaired) electrons. The number of aromatic nitrogens is 4. The predicted molar refractivity (Wildman–Crippen MR) is 92.1 cm³/mol. The summed E-state index contributed by atoms with van der Waals surface area (Å²) in [5.74, 6) is 0.694. The summed E-state index contributed by atoms with van der Waals surface area (Å²) in [6.45, 7) is 6.89. The van der Waals surface area contributed by atoms with Gasteiger partial charge in [0, 0.05) is 36.6 Å². The molecular formula is C18H23N5. The number of rotatable bonds is 3. The van der Waals surface area contributed by atoms with Crippen molar-refractivity contribution in [3.05, 3.63) is 36.8 Å². The van der Waals surface area contributed by atoms with E-state index in [1.54, 1.807) is 0 Å². The molecular weight excluding hydrogens is 286 g/mol. The quantitative estimate of drug-likeness (QED) is 0.808. The van der Waals surface area contributed by atoms with Crippen molar-refractivity contribution in [2.45, 2.75) is 32.4 Å². The summed E-state index contributed by atoms with van der Waals surface area (Å²) in [4.78, 5) is 7.24. The zero-order chi connectivity index (χ0) is 16.0. The van der Waals surface area contributed by atoms with Gasteiger partial charge in [-0.3, -0.25) is 5.10 Å². The van der Waals surface area contributed by atoms with Gasteiger partial charge in [0.05, 0.1) is 22.9 Å². The van der Waals surface area contributed by atoms with Gasteiger partial charge in [-0.1, -0.05) is 0 Å². The van der Waals surface area contributed by atoms with Gasteiger partial charge in [-0.15, -0.1) is 0 Å². The number of hydrogen-bond donors (Lipinski definition) is 1. The van der Waals surface area contributed by atoms with Crippen LogP contribution in [-0.4, -0.2) is 43.8 Å². The van der Waals surface area contributed by atoms with Crippen molar-refractivity contribution in [3.8, 4) is 11.3 Å². The van der Waals surface area contributed by atoms with Crippen molar-refractivity contribution < 1.29 is 0 Å². The summed E-state index contributed by atoms with van der Waals surface area (Å²) in [7, 11) is 2.23. The highest BCUT2D eigenvalue weighted by Crippen LogP contribution is 2.32. The van der Waals surface area contributed by atoms with E-state index in [9.17, 15) is 0 Å². The van der Waals surface area contributed by atoms with Crippen molar-refractivity contribution in [2.75, 3.05) is 13.6 Å². The molecule has 1 saturated heterocycles. The topological polar surface area (TPSA) is 49.7 Å². The van der Waals surface area contributed by atoms with E-state index < -0.39 is 0 Å². The van der Waals surface area contributed by atoms with Crippen molar-refractivity contribution in [1.29, 1.82) is 0 Å². The molecule has 120 valence electrons. The maximum absolute atomic E-state index is 4.77. The van der Waals surface area contributed by atoms with Crippen molar-refractivity contribution >= 4 is 11.0 Å². The first-order valence-corrected chi connectivity index (χ1v) is 8.19. The summed E-state index contributed by atoms with van der Waals surface area (Å²) in [6, 6.07) is 6.37. The van der Waals surface area contributed by atoms with Crippen LogP contribution < -0.4 is 0 Å². The Hall–Kier alpha value is -2.14. The smallest absolute Gasteiger partial charge is 0.0888 e. The number of H-pyrrole nitrogens is 1. The van der Waals surface area contributed by atoms with E-state index in [1.807, 2.05) is 12.4 Å². The Morgan fingerprint density at radius 2 is 2.17 bits per heavy atom. The standard InChI is InChI=1S/C18H23N5/c1-18(2)8-13(11-22(18)3)12-23-7-6-16-17(23)5-4-15(21-16)14-9-19-20-10-14/h4-7,9-10,13H,8,11-12H2,1-3H3,(H,19,20). The second-order valence-corrected chi connectivity index (χ2v) is 7.32. The van der Waals surface area contributed by atoms with E-state index in [4.69, 9.17) is 4.98 Å². The van der Waals surface area contributed by atoms with Gasteiger partial charge in [-0.2, -0.15) is 5.10 Å². The van der Waals surface area contributed by atoms with E-state index in [1.165, 1.54) is 11.9 Å². The van der Waals surface area contributed by atoms with Crippen LogP contribution in [-0.2, 0) is 6.54 Å². The van der Waals surface area contributed by atoms with Gasteiger partial charge in [-0.05, 0) is 51.4 Å². The fraction of sp³-hybridized carbons (Fsp3) is 0.444. The molecule has 1 N–H and O–H groups in total. The van der Waals surface area contributed by atoms with E-state index in [2.05, 4.69) is 65.0 Å². The molecule has 4 rings (SSSR count). The first kappa shape index (κ1) is 14.5. The highest BCUT2D eigenvalue weighted by Gasteiger charge is 2.35. The first-order chi connectivity index (χ1) is 11.0. The monoisotopic (exact) mass is 309 g/mol. The fourth-order valence-corrected chi connectivity index (χ4v) is 3.75. The summed E-state index contributed by atoms with van der Waals surface area (Å²) in [5, 5.41) is 6.84. The molecule has 0 aliphatic carbocycles. The second kappa shape index (κ2) is 5.20. The van der Waals surface area contributed by atoms with Crippen LogP contribution in [0.1, 0.15) is 20.3 Å². The van der Waals surface area contributed by atoms with Gasteiger partial charge in [-0.25, -0.2) is 4.98 Å². The number of nitrogens with one attached hydrogen (secondary N) is 1. The highest BCUT2D eigenvalue weighted by molar-refractivity contribution is 5.79. The Morgan fingerprint density at radius 3 is 2.87 bits per heavy atom. The summed E-state index contributed by atoms with van der Waals surface area (Å²) in [6.07, 6.45) is 7.09. The van der Waals surface area contributed by atoms with Gasteiger partial charge in [0.1, 0.15) is 0 Å². The molecule has 1 atom stereocenters. The average molecular weight is 309 g/mol. The van der Waals surface area contributed by atoms with E-state index in [0.717, 1.165) is 29.9 Å².